The molecule has 0 fully saturated rings. The summed E-state index contributed by atoms with van der Waals surface area (Å²) in [5.41, 5.74) is -0.904. The van der Waals surface area contributed by atoms with Gasteiger partial charge in [-0.1, -0.05) is 17.7 Å². The molecule has 11 heteroatoms. The first-order chi connectivity index (χ1) is 12.8. The van der Waals surface area contributed by atoms with Crippen LogP contribution in [0.1, 0.15) is 15.9 Å². The molecule has 0 bridgehead atoms. The van der Waals surface area contributed by atoms with E-state index < -0.39 is 32.9 Å². The molecule has 0 aliphatic carbocycles. The third-order valence-corrected chi connectivity index (χ3v) is 4.77. The van der Waals surface area contributed by atoms with Crippen molar-refractivity contribution >= 4 is 40.6 Å². The first kappa shape index (κ1) is 20.6. The van der Waals surface area contributed by atoms with Gasteiger partial charge in [-0.25, -0.2) is 4.39 Å². The van der Waals surface area contributed by atoms with Gasteiger partial charge in [-0.15, -0.1) is 0 Å². The van der Waals surface area contributed by atoms with Crippen molar-refractivity contribution in [1.82, 2.24) is 5.32 Å². The zero-order chi connectivity index (χ0) is 20.0. The number of hydrogen-bond acceptors (Lipinski definition) is 6. The molecule has 2 aromatic carbocycles. The first-order valence-corrected chi connectivity index (χ1v) is 9.05. The van der Waals surface area contributed by atoms with E-state index in [0.29, 0.717) is 22.1 Å². The molecular formula is C16H13ClFN3O5S. The molecule has 8 nitrogen and oxygen atoms in total. The summed E-state index contributed by atoms with van der Waals surface area (Å²) in [6.07, 6.45) is 0. The summed E-state index contributed by atoms with van der Waals surface area (Å²) >= 11 is 7.25. The van der Waals surface area contributed by atoms with Crippen molar-refractivity contribution in [3.8, 4) is 0 Å². The molecular weight excluding hydrogens is 401 g/mol. The van der Waals surface area contributed by atoms with Gasteiger partial charge < -0.3 is 5.32 Å². The van der Waals surface area contributed by atoms with Gasteiger partial charge in [-0.3, -0.25) is 25.0 Å². The van der Waals surface area contributed by atoms with E-state index in [4.69, 9.17) is 11.6 Å². The van der Waals surface area contributed by atoms with E-state index in [9.17, 15) is 29.4 Å². The fourth-order valence-corrected chi connectivity index (χ4v) is 3.32. The normalized spacial score (nSPS) is 10.4. The minimum atomic E-state index is -0.808. The number of nitro benzene ring substituents is 2. The van der Waals surface area contributed by atoms with E-state index >= 15 is 0 Å². The Morgan fingerprint density at radius 3 is 2.33 bits per heavy atom. The maximum absolute atomic E-state index is 13.6. The number of hydrogen-bond donors (Lipinski definition) is 1. The number of rotatable bonds is 8. The minimum Gasteiger partial charge on any atom is -0.351 e. The highest BCUT2D eigenvalue weighted by Crippen LogP contribution is 2.24. The van der Waals surface area contributed by atoms with Crippen molar-refractivity contribution < 1.29 is 19.0 Å². The second-order valence-electron chi connectivity index (χ2n) is 5.26. The number of halogens is 2. The number of nitro groups is 2. The highest BCUT2D eigenvalue weighted by molar-refractivity contribution is 7.98. The quantitative estimate of drug-likeness (QED) is 0.398. The van der Waals surface area contributed by atoms with Crippen LogP contribution in [0, 0.1) is 26.0 Å². The number of thioether (sulfide) groups is 1. The van der Waals surface area contributed by atoms with Gasteiger partial charge in [0.05, 0.1) is 21.5 Å². The topological polar surface area (TPSA) is 115 Å². The summed E-state index contributed by atoms with van der Waals surface area (Å²) in [7, 11) is 0. The fraction of sp³-hybridized carbons (Fsp3) is 0.188. The van der Waals surface area contributed by atoms with Gasteiger partial charge in [-0.05, 0) is 12.1 Å². The molecule has 0 saturated carbocycles. The van der Waals surface area contributed by atoms with Gasteiger partial charge in [0.2, 0.25) is 0 Å². The van der Waals surface area contributed by atoms with Crippen LogP contribution in [0.5, 0.6) is 0 Å². The van der Waals surface area contributed by atoms with E-state index in [1.54, 1.807) is 6.07 Å². The molecule has 0 heterocycles. The van der Waals surface area contributed by atoms with E-state index in [1.165, 1.54) is 23.9 Å². The van der Waals surface area contributed by atoms with Crippen LogP contribution in [0.2, 0.25) is 5.02 Å². The summed E-state index contributed by atoms with van der Waals surface area (Å²) in [6.45, 7) is 0.187. The molecule has 142 valence electrons. The number of amides is 1. The summed E-state index contributed by atoms with van der Waals surface area (Å²) in [6, 6.07) is 7.11. The number of nitrogens with one attached hydrogen (secondary N) is 1. The smallest absolute Gasteiger partial charge is 0.277 e. The van der Waals surface area contributed by atoms with Gasteiger partial charge in [0, 0.05) is 40.8 Å². The largest absolute Gasteiger partial charge is 0.351 e. The second-order valence-corrected chi connectivity index (χ2v) is 6.77. The molecule has 0 atom stereocenters. The Kier molecular flexibility index (Phi) is 7.08. The maximum Gasteiger partial charge on any atom is 0.277 e. The first-order valence-electron chi connectivity index (χ1n) is 7.52. The highest BCUT2D eigenvalue weighted by Gasteiger charge is 2.19. The molecule has 0 aromatic heterocycles. The Bertz CT molecular complexity index is 844. The zero-order valence-corrected chi connectivity index (χ0v) is 15.3. The molecule has 27 heavy (non-hydrogen) atoms. The van der Waals surface area contributed by atoms with Crippen molar-refractivity contribution in [3.63, 3.8) is 0 Å². The number of carbonyl (C=O) groups is 1. The lowest BCUT2D eigenvalue weighted by molar-refractivity contribution is -0.394. The lowest BCUT2D eigenvalue weighted by atomic mass is 10.1. The van der Waals surface area contributed by atoms with Crippen molar-refractivity contribution in [2.75, 3.05) is 12.3 Å². The van der Waals surface area contributed by atoms with Crippen LogP contribution in [0.25, 0.3) is 0 Å². The van der Waals surface area contributed by atoms with Crippen molar-refractivity contribution in [2.45, 2.75) is 5.75 Å². The Morgan fingerprint density at radius 1 is 1.15 bits per heavy atom. The van der Waals surface area contributed by atoms with Crippen LogP contribution >= 0.6 is 23.4 Å². The number of non-ortho nitro benzene ring substituents is 2. The molecule has 0 radical (unpaired) electrons. The van der Waals surface area contributed by atoms with E-state index in [1.807, 2.05) is 0 Å². The number of carbonyl (C=O) groups excluding carboxylic acids is 1. The lowest BCUT2D eigenvalue weighted by Crippen LogP contribution is -2.26. The summed E-state index contributed by atoms with van der Waals surface area (Å²) in [5.74, 6) is -0.355. The van der Waals surface area contributed by atoms with Gasteiger partial charge in [0.1, 0.15) is 5.82 Å². The predicted octanol–water partition coefficient (Wildman–Crippen LogP) is 3.96. The Hall–Kier alpha value is -2.72. The number of nitrogens with zero attached hydrogens (tertiary/aromatic N) is 2. The molecule has 2 rings (SSSR count). The molecule has 0 aliphatic rings. The van der Waals surface area contributed by atoms with Gasteiger partial charge in [0.15, 0.2) is 0 Å². The highest BCUT2D eigenvalue weighted by atomic mass is 35.5. The third-order valence-electron chi connectivity index (χ3n) is 3.43. The second kappa shape index (κ2) is 9.28. The summed E-state index contributed by atoms with van der Waals surface area (Å²) in [4.78, 5) is 32.2. The fourth-order valence-electron chi connectivity index (χ4n) is 2.12. The SMILES string of the molecule is O=C(NCCSCc1c(F)cccc1Cl)c1cc([N+](=O)[O-])cc([N+](=O)[O-])c1. The van der Waals surface area contributed by atoms with Crippen molar-refractivity contribution in [1.29, 1.82) is 0 Å². The minimum absolute atomic E-state index is 0.182. The molecule has 1 amide bonds. The van der Waals surface area contributed by atoms with Crippen LogP contribution in [-0.2, 0) is 5.75 Å². The molecule has 2 aromatic rings. The third kappa shape index (κ3) is 5.63. The lowest BCUT2D eigenvalue weighted by Gasteiger charge is -2.07. The van der Waals surface area contributed by atoms with Crippen LogP contribution in [0.3, 0.4) is 0 Å². The van der Waals surface area contributed by atoms with Crippen molar-refractivity contribution in [3.05, 3.63) is 78.6 Å². The van der Waals surface area contributed by atoms with Crippen LogP contribution in [0.4, 0.5) is 15.8 Å². The molecule has 0 aliphatic heterocycles. The van der Waals surface area contributed by atoms with E-state index in [-0.39, 0.29) is 12.1 Å². The molecule has 0 saturated heterocycles. The van der Waals surface area contributed by atoms with Crippen LogP contribution < -0.4 is 5.32 Å². The molecule has 0 unspecified atom stereocenters. The average Bonchev–Trinajstić information content (AvgIpc) is 2.62. The molecule has 1 N–H and O–H groups in total. The predicted molar refractivity (Wildman–Crippen MR) is 99.7 cm³/mol. The standard InChI is InChI=1S/C16H13ClFN3O5S/c17-14-2-1-3-15(18)13(14)9-27-5-4-19-16(22)10-6-11(20(23)24)8-12(7-10)21(25)26/h1-3,6-8H,4-5,9H2,(H,19,22). The van der Waals surface area contributed by atoms with Crippen LogP contribution in [0.15, 0.2) is 36.4 Å². The Morgan fingerprint density at radius 2 is 1.78 bits per heavy atom. The average molecular weight is 414 g/mol. The number of benzene rings is 2. The van der Waals surface area contributed by atoms with E-state index in [0.717, 1.165) is 18.2 Å². The summed E-state index contributed by atoms with van der Waals surface area (Å²) in [5, 5.41) is 24.5. The van der Waals surface area contributed by atoms with Crippen molar-refractivity contribution in [2.24, 2.45) is 0 Å². The van der Waals surface area contributed by atoms with Gasteiger partial charge >= 0.3 is 0 Å². The van der Waals surface area contributed by atoms with Crippen LogP contribution in [-0.4, -0.2) is 28.1 Å². The monoisotopic (exact) mass is 413 g/mol. The van der Waals surface area contributed by atoms with E-state index in [2.05, 4.69) is 5.32 Å². The zero-order valence-electron chi connectivity index (χ0n) is 13.7. The van der Waals surface area contributed by atoms with Gasteiger partial charge in [0.25, 0.3) is 17.3 Å². The Labute approximate surface area is 162 Å². The summed E-state index contributed by atoms with van der Waals surface area (Å²) < 4.78 is 13.6. The van der Waals surface area contributed by atoms with Gasteiger partial charge in [-0.2, -0.15) is 11.8 Å². The maximum atomic E-state index is 13.6. The Balaban J connectivity index is 1.92. The molecule has 0 spiro atoms.